The van der Waals surface area contributed by atoms with E-state index in [0.717, 1.165) is 0 Å². The zero-order valence-corrected chi connectivity index (χ0v) is 12.7. The third-order valence-corrected chi connectivity index (χ3v) is 5.23. The van der Waals surface area contributed by atoms with Crippen molar-refractivity contribution in [3.05, 3.63) is 29.8 Å². The van der Waals surface area contributed by atoms with Crippen molar-refractivity contribution >= 4 is 25.7 Å². The Morgan fingerprint density at radius 2 is 1.53 bits per heavy atom. The summed E-state index contributed by atoms with van der Waals surface area (Å²) >= 11 is 0. The fraction of sp³-hybridized carbons (Fsp3) is 0.455. The number of benzene rings is 1. The van der Waals surface area contributed by atoms with Crippen LogP contribution in [0.25, 0.3) is 0 Å². The highest BCUT2D eigenvalue weighted by Crippen LogP contribution is 2.20. The Balaban J connectivity index is 2.90. The van der Waals surface area contributed by atoms with Crippen LogP contribution in [-0.2, 0) is 25.8 Å². The monoisotopic (exact) mass is 306 g/mol. The van der Waals surface area contributed by atoms with E-state index in [4.69, 9.17) is 5.14 Å². The highest BCUT2D eigenvalue weighted by molar-refractivity contribution is 7.94. The number of anilines is 1. The van der Waals surface area contributed by atoms with Crippen molar-refractivity contribution in [2.24, 2.45) is 5.14 Å². The Bertz CT molecular complexity index is 641. The van der Waals surface area contributed by atoms with E-state index in [-0.39, 0.29) is 5.75 Å². The lowest BCUT2D eigenvalue weighted by molar-refractivity contribution is 0.566. The van der Waals surface area contributed by atoms with E-state index in [9.17, 15) is 16.8 Å². The molecule has 0 aromatic heterocycles. The molecule has 1 rings (SSSR count). The van der Waals surface area contributed by atoms with E-state index >= 15 is 0 Å². The van der Waals surface area contributed by atoms with Gasteiger partial charge in [0.05, 0.1) is 10.5 Å². The lowest BCUT2D eigenvalue weighted by atomic mass is 10.2. The third kappa shape index (κ3) is 4.81. The second kappa shape index (κ2) is 5.10. The predicted molar refractivity (Wildman–Crippen MR) is 75.5 cm³/mol. The molecule has 1 aromatic rings. The number of sulfonamides is 2. The normalized spacial score (nSPS) is 13.3. The molecule has 8 heteroatoms. The molecule has 6 nitrogen and oxygen atoms in total. The van der Waals surface area contributed by atoms with Gasteiger partial charge in [-0.1, -0.05) is 12.1 Å². The fourth-order valence-corrected chi connectivity index (χ4v) is 2.62. The topological polar surface area (TPSA) is 106 Å². The van der Waals surface area contributed by atoms with Crippen molar-refractivity contribution in [2.45, 2.75) is 31.3 Å². The van der Waals surface area contributed by atoms with Gasteiger partial charge in [0, 0.05) is 5.69 Å². The molecule has 0 amide bonds. The van der Waals surface area contributed by atoms with Crippen molar-refractivity contribution in [1.82, 2.24) is 0 Å². The van der Waals surface area contributed by atoms with Crippen LogP contribution in [0.1, 0.15) is 26.3 Å². The minimum atomic E-state index is -3.59. The van der Waals surface area contributed by atoms with E-state index in [1.54, 1.807) is 20.8 Å². The van der Waals surface area contributed by atoms with Gasteiger partial charge in [0.25, 0.3) is 0 Å². The van der Waals surface area contributed by atoms with E-state index in [2.05, 4.69) is 4.72 Å². The first kappa shape index (κ1) is 15.9. The van der Waals surface area contributed by atoms with Crippen molar-refractivity contribution < 1.29 is 16.8 Å². The van der Waals surface area contributed by atoms with Gasteiger partial charge < -0.3 is 0 Å². The predicted octanol–water partition coefficient (Wildman–Crippen LogP) is 1.02. The molecule has 0 heterocycles. The van der Waals surface area contributed by atoms with Crippen LogP contribution >= 0.6 is 0 Å². The molecular weight excluding hydrogens is 288 g/mol. The van der Waals surface area contributed by atoms with Gasteiger partial charge in [-0.15, -0.1) is 0 Å². The Morgan fingerprint density at radius 3 is 1.89 bits per heavy atom. The molecule has 0 spiro atoms. The fourth-order valence-electron chi connectivity index (χ4n) is 1.21. The summed E-state index contributed by atoms with van der Waals surface area (Å²) in [6.45, 7) is 4.76. The van der Waals surface area contributed by atoms with E-state index in [1.165, 1.54) is 24.3 Å². The molecule has 3 N–H and O–H groups in total. The summed E-state index contributed by atoms with van der Waals surface area (Å²) in [5, 5.41) is 4.93. The standard InChI is InChI=1S/C11H18N2O4S2/c1-11(2,3)19(16,17)13-10-6-4-9(5-7-10)8-18(12,14)15/h4-7,13H,8H2,1-3H3,(H2,12,14,15). The van der Waals surface area contributed by atoms with Crippen LogP contribution in [0.3, 0.4) is 0 Å². The highest BCUT2D eigenvalue weighted by atomic mass is 32.2. The molecule has 0 atom stereocenters. The van der Waals surface area contributed by atoms with E-state index < -0.39 is 24.8 Å². The van der Waals surface area contributed by atoms with Gasteiger partial charge in [-0.3, -0.25) is 4.72 Å². The molecule has 1 aromatic carbocycles. The van der Waals surface area contributed by atoms with Gasteiger partial charge in [0.15, 0.2) is 0 Å². The van der Waals surface area contributed by atoms with Crippen molar-refractivity contribution in [2.75, 3.05) is 4.72 Å². The first-order chi connectivity index (χ1) is 8.41. The first-order valence-electron chi connectivity index (χ1n) is 5.52. The SMILES string of the molecule is CC(C)(C)S(=O)(=O)Nc1ccc(CS(N)(=O)=O)cc1. The van der Waals surface area contributed by atoms with Crippen LogP contribution < -0.4 is 9.86 Å². The summed E-state index contributed by atoms with van der Waals surface area (Å²) < 4.78 is 47.2. The van der Waals surface area contributed by atoms with Gasteiger partial charge in [-0.25, -0.2) is 22.0 Å². The Kier molecular flexibility index (Phi) is 4.28. The number of nitrogens with one attached hydrogen (secondary N) is 1. The Morgan fingerprint density at radius 1 is 1.05 bits per heavy atom. The summed E-state index contributed by atoms with van der Waals surface area (Å²) in [5.41, 5.74) is 0.884. The average Bonchev–Trinajstić information content (AvgIpc) is 2.16. The smallest absolute Gasteiger partial charge is 0.237 e. The molecule has 0 bridgehead atoms. The maximum atomic E-state index is 11.9. The summed E-state index contributed by atoms with van der Waals surface area (Å²) in [6, 6.07) is 6.05. The zero-order chi connectivity index (χ0) is 14.9. The largest absolute Gasteiger partial charge is 0.283 e. The average molecular weight is 306 g/mol. The summed E-state index contributed by atoms with van der Waals surface area (Å²) in [6.07, 6.45) is 0. The van der Waals surface area contributed by atoms with E-state index in [1.807, 2.05) is 0 Å². The van der Waals surface area contributed by atoms with Crippen molar-refractivity contribution in [1.29, 1.82) is 0 Å². The van der Waals surface area contributed by atoms with Crippen LogP contribution in [0.2, 0.25) is 0 Å². The zero-order valence-electron chi connectivity index (χ0n) is 11.0. The van der Waals surface area contributed by atoms with Gasteiger partial charge in [-0.05, 0) is 38.5 Å². The summed E-state index contributed by atoms with van der Waals surface area (Å²) in [4.78, 5) is 0. The molecule has 19 heavy (non-hydrogen) atoms. The molecular formula is C11H18N2O4S2. The van der Waals surface area contributed by atoms with Crippen molar-refractivity contribution in [3.8, 4) is 0 Å². The molecule has 0 unspecified atom stereocenters. The third-order valence-electron chi connectivity index (χ3n) is 2.38. The maximum Gasteiger partial charge on any atom is 0.237 e. The van der Waals surface area contributed by atoms with Crippen LogP contribution in [0, 0.1) is 0 Å². The van der Waals surface area contributed by atoms with Crippen LogP contribution in [-0.4, -0.2) is 21.6 Å². The first-order valence-corrected chi connectivity index (χ1v) is 8.72. The molecule has 0 saturated carbocycles. The van der Waals surface area contributed by atoms with Gasteiger partial charge in [0.2, 0.25) is 20.0 Å². The van der Waals surface area contributed by atoms with Crippen LogP contribution in [0.15, 0.2) is 24.3 Å². The van der Waals surface area contributed by atoms with Gasteiger partial charge in [0.1, 0.15) is 0 Å². The molecule has 0 aliphatic heterocycles. The molecule has 0 saturated heterocycles. The molecule has 0 radical (unpaired) electrons. The second-order valence-corrected chi connectivity index (χ2v) is 9.27. The maximum absolute atomic E-state index is 11.9. The highest BCUT2D eigenvalue weighted by Gasteiger charge is 2.28. The molecule has 0 aliphatic rings. The van der Waals surface area contributed by atoms with E-state index in [0.29, 0.717) is 11.3 Å². The Hall–Kier alpha value is -1.12. The molecule has 108 valence electrons. The lowest BCUT2D eigenvalue weighted by Crippen LogP contribution is -2.33. The van der Waals surface area contributed by atoms with Gasteiger partial charge in [-0.2, -0.15) is 0 Å². The minimum Gasteiger partial charge on any atom is -0.283 e. The number of hydrogen-bond donors (Lipinski definition) is 2. The number of nitrogens with two attached hydrogens (primary N) is 1. The minimum absolute atomic E-state index is 0.278. The number of primary sulfonamides is 1. The molecule has 0 aliphatic carbocycles. The summed E-state index contributed by atoms with van der Waals surface area (Å²) in [7, 11) is -7.08. The number of hydrogen-bond acceptors (Lipinski definition) is 4. The van der Waals surface area contributed by atoms with Crippen LogP contribution in [0.5, 0.6) is 0 Å². The number of rotatable bonds is 4. The molecule has 0 fully saturated rings. The summed E-state index contributed by atoms with van der Waals surface area (Å²) in [5.74, 6) is -0.278. The lowest BCUT2D eigenvalue weighted by Gasteiger charge is -2.20. The Labute approximate surface area is 114 Å². The second-order valence-electron chi connectivity index (χ2n) is 5.22. The van der Waals surface area contributed by atoms with Gasteiger partial charge >= 0.3 is 0 Å². The van der Waals surface area contributed by atoms with Crippen molar-refractivity contribution in [3.63, 3.8) is 0 Å². The quantitative estimate of drug-likeness (QED) is 0.865. The van der Waals surface area contributed by atoms with Crippen LogP contribution in [0.4, 0.5) is 5.69 Å².